The average molecular weight is 464 g/mol. The van der Waals surface area contributed by atoms with E-state index in [2.05, 4.69) is 24.4 Å². The van der Waals surface area contributed by atoms with Gasteiger partial charge in [0.2, 0.25) is 0 Å². The highest BCUT2D eigenvalue weighted by Gasteiger charge is 2.25. The summed E-state index contributed by atoms with van der Waals surface area (Å²) in [6, 6.07) is 15.3. The SMILES string of the molecule is CCc1ccc(-c2c(C)sc(NC(=O)c3ccc(OC4CCCC4)cc3)c2C(=O)OC)cc1. The second kappa shape index (κ2) is 10.2. The van der Waals surface area contributed by atoms with E-state index >= 15 is 0 Å². The first-order valence-electron chi connectivity index (χ1n) is 11.4. The van der Waals surface area contributed by atoms with Crippen LogP contribution in [0.1, 0.15) is 63.8 Å². The standard InChI is InChI=1S/C27H29NO4S/c1-4-18-9-11-19(12-10-18)23-17(2)33-26(24(23)27(30)31-3)28-25(29)20-13-15-22(16-14-20)32-21-7-5-6-8-21/h9-16,21H,4-8H2,1-3H3,(H,28,29). The minimum absolute atomic E-state index is 0.270. The number of methoxy groups -OCH3 is 1. The maximum atomic E-state index is 13.0. The zero-order valence-electron chi connectivity index (χ0n) is 19.3. The number of thiophene rings is 1. The van der Waals surface area contributed by atoms with Gasteiger partial charge in [0.25, 0.3) is 5.91 Å². The number of rotatable bonds is 7. The van der Waals surface area contributed by atoms with E-state index in [1.165, 1.54) is 36.9 Å². The molecule has 3 aromatic rings. The molecule has 0 bridgehead atoms. The van der Waals surface area contributed by atoms with Crippen molar-refractivity contribution >= 4 is 28.2 Å². The van der Waals surface area contributed by atoms with Crippen molar-refractivity contribution in [2.75, 3.05) is 12.4 Å². The molecule has 0 saturated heterocycles. The van der Waals surface area contributed by atoms with Crippen LogP contribution in [0, 0.1) is 6.92 Å². The Balaban J connectivity index is 1.58. The lowest BCUT2D eigenvalue weighted by Crippen LogP contribution is -2.14. The Morgan fingerprint density at radius 2 is 1.70 bits per heavy atom. The number of anilines is 1. The normalized spacial score (nSPS) is 13.7. The number of aryl methyl sites for hydroxylation is 2. The van der Waals surface area contributed by atoms with Crippen molar-refractivity contribution in [1.82, 2.24) is 0 Å². The second-order valence-electron chi connectivity index (χ2n) is 8.28. The van der Waals surface area contributed by atoms with E-state index in [0.717, 1.165) is 41.0 Å². The van der Waals surface area contributed by atoms with Crippen molar-refractivity contribution in [2.45, 2.75) is 52.1 Å². The summed E-state index contributed by atoms with van der Waals surface area (Å²) in [6.07, 6.45) is 5.79. The average Bonchev–Trinajstić information content (AvgIpc) is 3.46. The van der Waals surface area contributed by atoms with E-state index < -0.39 is 5.97 Å². The van der Waals surface area contributed by atoms with Crippen LogP contribution in [0.5, 0.6) is 5.75 Å². The number of amides is 1. The van der Waals surface area contributed by atoms with Gasteiger partial charge in [-0.25, -0.2) is 4.79 Å². The van der Waals surface area contributed by atoms with Crippen molar-refractivity contribution in [2.24, 2.45) is 0 Å². The van der Waals surface area contributed by atoms with Gasteiger partial charge in [-0.2, -0.15) is 0 Å². The van der Waals surface area contributed by atoms with Gasteiger partial charge in [-0.15, -0.1) is 11.3 Å². The summed E-state index contributed by atoms with van der Waals surface area (Å²) in [5.41, 5.74) is 3.84. The van der Waals surface area contributed by atoms with E-state index in [9.17, 15) is 9.59 Å². The van der Waals surface area contributed by atoms with Crippen molar-refractivity contribution in [3.05, 3.63) is 70.1 Å². The summed E-state index contributed by atoms with van der Waals surface area (Å²) in [4.78, 5) is 26.6. The van der Waals surface area contributed by atoms with Gasteiger partial charge in [0.15, 0.2) is 0 Å². The predicted octanol–water partition coefficient (Wildman–Crippen LogP) is 6.65. The van der Waals surface area contributed by atoms with Crippen LogP contribution < -0.4 is 10.1 Å². The third-order valence-electron chi connectivity index (χ3n) is 6.07. The van der Waals surface area contributed by atoms with Crippen molar-refractivity contribution < 1.29 is 19.1 Å². The van der Waals surface area contributed by atoms with Crippen LogP contribution >= 0.6 is 11.3 Å². The largest absolute Gasteiger partial charge is 0.490 e. The fourth-order valence-corrected chi connectivity index (χ4v) is 5.30. The first kappa shape index (κ1) is 23.1. The molecule has 0 aliphatic heterocycles. The second-order valence-corrected chi connectivity index (χ2v) is 9.51. The van der Waals surface area contributed by atoms with Crippen LogP contribution in [-0.4, -0.2) is 25.1 Å². The van der Waals surface area contributed by atoms with Crippen LogP contribution in [-0.2, 0) is 11.2 Å². The predicted molar refractivity (Wildman–Crippen MR) is 132 cm³/mol. The van der Waals surface area contributed by atoms with Crippen LogP contribution in [0.3, 0.4) is 0 Å². The Bertz CT molecular complexity index is 1130. The number of hydrogen-bond acceptors (Lipinski definition) is 5. The topological polar surface area (TPSA) is 64.6 Å². The molecule has 33 heavy (non-hydrogen) atoms. The maximum Gasteiger partial charge on any atom is 0.341 e. The molecule has 1 saturated carbocycles. The summed E-state index contributed by atoms with van der Waals surface area (Å²) >= 11 is 1.38. The van der Waals surface area contributed by atoms with Crippen LogP contribution in [0.15, 0.2) is 48.5 Å². The molecular formula is C27H29NO4S. The quantitative estimate of drug-likeness (QED) is 0.399. The van der Waals surface area contributed by atoms with Gasteiger partial charge >= 0.3 is 5.97 Å². The van der Waals surface area contributed by atoms with E-state index in [-0.39, 0.29) is 12.0 Å². The third-order valence-corrected chi connectivity index (χ3v) is 7.09. The Labute approximate surface area is 198 Å². The first-order chi connectivity index (χ1) is 16.0. The molecular weight excluding hydrogens is 434 g/mol. The number of ether oxygens (including phenoxy) is 2. The molecule has 1 N–H and O–H groups in total. The van der Waals surface area contributed by atoms with E-state index in [1.807, 2.05) is 31.2 Å². The van der Waals surface area contributed by atoms with Gasteiger partial charge in [0, 0.05) is 16.0 Å². The minimum atomic E-state index is -0.468. The van der Waals surface area contributed by atoms with Crippen LogP contribution in [0.2, 0.25) is 0 Å². The highest BCUT2D eigenvalue weighted by atomic mass is 32.1. The van der Waals surface area contributed by atoms with Gasteiger partial charge < -0.3 is 14.8 Å². The molecule has 1 aromatic heterocycles. The molecule has 0 spiro atoms. The fourth-order valence-electron chi connectivity index (χ4n) is 4.24. The molecule has 0 atom stereocenters. The molecule has 1 fully saturated rings. The minimum Gasteiger partial charge on any atom is -0.490 e. The van der Waals surface area contributed by atoms with Crippen molar-refractivity contribution in [3.8, 4) is 16.9 Å². The number of benzene rings is 2. The van der Waals surface area contributed by atoms with Gasteiger partial charge in [-0.1, -0.05) is 31.2 Å². The number of nitrogens with one attached hydrogen (secondary N) is 1. The lowest BCUT2D eigenvalue weighted by molar-refractivity contribution is 0.0603. The van der Waals surface area contributed by atoms with Gasteiger partial charge in [0.1, 0.15) is 16.3 Å². The molecule has 1 amide bonds. The van der Waals surface area contributed by atoms with E-state index in [0.29, 0.717) is 16.1 Å². The highest BCUT2D eigenvalue weighted by molar-refractivity contribution is 7.17. The van der Waals surface area contributed by atoms with E-state index in [4.69, 9.17) is 9.47 Å². The summed E-state index contributed by atoms with van der Waals surface area (Å²) in [5, 5.41) is 3.42. The third kappa shape index (κ3) is 5.11. The summed E-state index contributed by atoms with van der Waals surface area (Å²) in [7, 11) is 1.36. The molecule has 1 heterocycles. The number of carbonyl (C=O) groups excluding carboxylic acids is 2. The Kier molecular flexibility index (Phi) is 7.14. The molecule has 0 radical (unpaired) electrons. The number of hydrogen-bond donors (Lipinski definition) is 1. The van der Waals surface area contributed by atoms with Gasteiger partial charge in [-0.05, 0) is 74.4 Å². The molecule has 0 unspecified atom stereocenters. The molecule has 172 valence electrons. The summed E-state index contributed by atoms with van der Waals surface area (Å²) in [5.74, 6) is 0.0321. The first-order valence-corrected chi connectivity index (χ1v) is 12.2. The number of esters is 1. The lowest BCUT2D eigenvalue weighted by atomic mass is 9.99. The molecule has 5 nitrogen and oxygen atoms in total. The lowest BCUT2D eigenvalue weighted by Gasteiger charge is -2.13. The Morgan fingerprint density at radius 3 is 2.30 bits per heavy atom. The van der Waals surface area contributed by atoms with E-state index in [1.54, 1.807) is 12.1 Å². The highest BCUT2D eigenvalue weighted by Crippen LogP contribution is 2.40. The van der Waals surface area contributed by atoms with Gasteiger partial charge in [-0.3, -0.25) is 4.79 Å². The molecule has 4 rings (SSSR count). The zero-order chi connectivity index (χ0) is 23.4. The Morgan fingerprint density at radius 1 is 1.03 bits per heavy atom. The van der Waals surface area contributed by atoms with Crippen LogP contribution in [0.4, 0.5) is 5.00 Å². The fraction of sp³-hybridized carbons (Fsp3) is 0.333. The Hall–Kier alpha value is -3.12. The molecule has 2 aromatic carbocycles. The van der Waals surface area contributed by atoms with Crippen LogP contribution in [0.25, 0.3) is 11.1 Å². The van der Waals surface area contributed by atoms with Crippen molar-refractivity contribution in [3.63, 3.8) is 0 Å². The monoisotopic (exact) mass is 463 g/mol. The number of carbonyl (C=O) groups is 2. The summed E-state index contributed by atoms with van der Waals surface area (Å²) < 4.78 is 11.1. The smallest absolute Gasteiger partial charge is 0.341 e. The van der Waals surface area contributed by atoms with Crippen molar-refractivity contribution in [1.29, 1.82) is 0 Å². The zero-order valence-corrected chi connectivity index (χ0v) is 20.1. The maximum absolute atomic E-state index is 13.0. The summed E-state index contributed by atoms with van der Waals surface area (Å²) in [6.45, 7) is 4.05. The molecule has 1 aliphatic carbocycles. The van der Waals surface area contributed by atoms with Gasteiger partial charge in [0.05, 0.1) is 13.2 Å². The molecule has 6 heteroatoms. The molecule has 1 aliphatic rings.